The quantitative estimate of drug-likeness (QED) is 0.858. The lowest BCUT2D eigenvalue weighted by molar-refractivity contribution is -0.120. The Morgan fingerprint density at radius 2 is 1.88 bits per heavy atom. The summed E-state index contributed by atoms with van der Waals surface area (Å²) in [6.07, 6.45) is 7.33. The molecular formula is C20H24N4O. The van der Waals surface area contributed by atoms with Gasteiger partial charge in [0, 0.05) is 18.7 Å². The number of hydrogen-bond donors (Lipinski definition) is 0. The lowest BCUT2D eigenvalue weighted by Gasteiger charge is -2.43. The van der Waals surface area contributed by atoms with Crippen molar-refractivity contribution in [1.29, 1.82) is 0 Å². The number of aromatic nitrogens is 2. The number of fused-ring (bicyclic) bond motifs is 1. The third-order valence-electron chi connectivity index (χ3n) is 5.44. The Hall–Kier alpha value is -2.43. The van der Waals surface area contributed by atoms with Gasteiger partial charge in [-0.05, 0) is 19.3 Å². The summed E-state index contributed by atoms with van der Waals surface area (Å²) >= 11 is 0. The van der Waals surface area contributed by atoms with Gasteiger partial charge < -0.3 is 9.80 Å². The Bertz CT molecular complexity index is 771. The summed E-state index contributed by atoms with van der Waals surface area (Å²) in [5.74, 6) is 1.78. The number of carbonyl (C=O) groups excluding carboxylic acids is 1. The van der Waals surface area contributed by atoms with Gasteiger partial charge in [-0.25, -0.2) is 9.97 Å². The molecule has 25 heavy (non-hydrogen) atoms. The van der Waals surface area contributed by atoms with Gasteiger partial charge in [0.05, 0.1) is 6.20 Å². The van der Waals surface area contributed by atoms with Crippen LogP contribution in [0, 0.1) is 0 Å². The second-order valence-corrected chi connectivity index (χ2v) is 6.94. The van der Waals surface area contributed by atoms with Crippen LogP contribution in [0.15, 0.2) is 36.5 Å². The molecule has 0 unspecified atom stereocenters. The second-order valence-electron chi connectivity index (χ2n) is 6.94. The molecule has 1 atom stereocenters. The van der Waals surface area contributed by atoms with Gasteiger partial charge in [0.15, 0.2) is 11.6 Å². The number of likely N-dealkylation sites (N-methyl/N-ethyl adjacent to an activating group) is 1. The number of anilines is 2. The van der Waals surface area contributed by atoms with Crippen molar-refractivity contribution in [3.63, 3.8) is 0 Å². The zero-order valence-electron chi connectivity index (χ0n) is 14.9. The topological polar surface area (TPSA) is 49.3 Å². The molecule has 2 heterocycles. The van der Waals surface area contributed by atoms with Crippen LogP contribution in [0.3, 0.4) is 0 Å². The molecule has 0 bridgehead atoms. The monoisotopic (exact) mass is 336 g/mol. The van der Waals surface area contributed by atoms with E-state index in [2.05, 4.69) is 16.8 Å². The van der Waals surface area contributed by atoms with Gasteiger partial charge >= 0.3 is 0 Å². The van der Waals surface area contributed by atoms with Crippen molar-refractivity contribution in [2.24, 2.45) is 0 Å². The molecular weight excluding hydrogens is 312 g/mol. The minimum Gasteiger partial charge on any atom is -0.340 e. The van der Waals surface area contributed by atoms with E-state index in [-0.39, 0.29) is 11.9 Å². The largest absolute Gasteiger partial charge is 0.340 e. The standard InChI is InChI=1S/C20H24N4O/c1-3-16-20(25)23(2)17-13-21-18(14-9-5-4-6-10-14)22-19(17)24(16)15-11-7-8-12-15/h4-6,9-10,13,15-16H,3,7-8,11-12H2,1-2H3/t16-/m1/s1. The van der Waals surface area contributed by atoms with Crippen LogP contribution < -0.4 is 9.80 Å². The lowest BCUT2D eigenvalue weighted by Crippen LogP contribution is -2.55. The zero-order chi connectivity index (χ0) is 17.4. The number of hydrogen-bond acceptors (Lipinski definition) is 4. The molecule has 2 aromatic rings. The third kappa shape index (κ3) is 2.68. The SMILES string of the molecule is CC[C@@H]1C(=O)N(C)c2cnc(-c3ccccc3)nc2N1C1CCCC1. The van der Waals surface area contributed by atoms with E-state index < -0.39 is 0 Å². The summed E-state index contributed by atoms with van der Waals surface area (Å²) in [6, 6.07) is 10.3. The fourth-order valence-electron chi connectivity index (χ4n) is 4.11. The van der Waals surface area contributed by atoms with Gasteiger partial charge in [0.2, 0.25) is 5.91 Å². The fraction of sp³-hybridized carbons (Fsp3) is 0.450. The minimum absolute atomic E-state index is 0.126. The van der Waals surface area contributed by atoms with E-state index in [0.29, 0.717) is 6.04 Å². The zero-order valence-corrected chi connectivity index (χ0v) is 14.9. The summed E-state index contributed by atoms with van der Waals surface area (Å²) in [5.41, 5.74) is 1.82. The van der Waals surface area contributed by atoms with Crippen molar-refractivity contribution in [2.75, 3.05) is 16.8 Å². The van der Waals surface area contributed by atoms with Crippen molar-refractivity contribution in [3.05, 3.63) is 36.5 Å². The number of rotatable bonds is 3. The molecule has 1 saturated carbocycles. The van der Waals surface area contributed by atoms with Gasteiger partial charge in [-0.3, -0.25) is 4.79 Å². The van der Waals surface area contributed by atoms with Crippen LogP contribution >= 0.6 is 0 Å². The molecule has 5 heteroatoms. The van der Waals surface area contributed by atoms with Crippen molar-refractivity contribution >= 4 is 17.4 Å². The number of nitrogens with zero attached hydrogens (tertiary/aromatic N) is 4. The van der Waals surface area contributed by atoms with Crippen LogP contribution in [0.2, 0.25) is 0 Å². The molecule has 1 fully saturated rings. The lowest BCUT2D eigenvalue weighted by atomic mass is 10.0. The summed E-state index contributed by atoms with van der Waals surface area (Å²) in [6.45, 7) is 2.09. The normalized spacial score (nSPS) is 20.9. The highest BCUT2D eigenvalue weighted by Gasteiger charge is 2.41. The fourth-order valence-corrected chi connectivity index (χ4v) is 4.11. The van der Waals surface area contributed by atoms with Gasteiger partial charge in [-0.1, -0.05) is 50.1 Å². The van der Waals surface area contributed by atoms with E-state index in [9.17, 15) is 4.79 Å². The van der Waals surface area contributed by atoms with E-state index in [0.717, 1.165) is 42.2 Å². The summed E-state index contributed by atoms with van der Waals surface area (Å²) in [5, 5.41) is 0. The molecule has 1 aromatic carbocycles. The third-order valence-corrected chi connectivity index (χ3v) is 5.44. The van der Waals surface area contributed by atoms with Gasteiger partial charge in [-0.15, -0.1) is 0 Å². The second kappa shape index (κ2) is 6.47. The Kier molecular flexibility index (Phi) is 4.15. The minimum atomic E-state index is -0.126. The number of carbonyl (C=O) groups is 1. The molecule has 1 aliphatic carbocycles. The summed E-state index contributed by atoms with van der Waals surface area (Å²) in [7, 11) is 1.83. The van der Waals surface area contributed by atoms with E-state index >= 15 is 0 Å². The highest BCUT2D eigenvalue weighted by Crippen LogP contribution is 2.40. The summed E-state index contributed by atoms with van der Waals surface area (Å²) in [4.78, 5) is 26.3. The molecule has 0 radical (unpaired) electrons. The van der Waals surface area contributed by atoms with Gasteiger partial charge in [0.25, 0.3) is 0 Å². The maximum atomic E-state index is 12.9. The molecule has 2 aliphatic rings. The maximum absolute atomic E-state index is 12.9. The molecule has 4 rings (SSSR count). The molecule has 0 spiro atoms. The average molecular weight is 336 g/mol. The first-order chi connectivity index (χ1) is 12.2. The molecule has 5 nitrogen and oxygen atoms in total. The van der Waals surface area contributed by atoms with Crippen LogP contribution in [0.1, 0.15) is 39.0 Å². The predicted octanol–water partition coefficient (Wildman–Crippen LogP) is 3.65. The molecule has 1 aromatic heterocycles. The number of benzene rings is 1. The van der Waals surface area contributed by atoms with Crippen LogP contribution in [-0.4, -0.2) is 35.0 Å². The Balaban J connectivity index is 1.84. The smallest absolute Gasteiger partial charge is 0.249 e. The number of amides is 1. The van der Waals surface area contributed by atoms with Crippen molar-refractivity contribution < 1.29 is 4.79 Å². The van der Waals surface area contributed by atoms with Crippen LogP contribution in [0.5, 0.6) is 0 Å². The van der Waals surface area contributed by atoms with Crippen LogP contribution in [0.25, 0.3) is 11.4 Å². The molecule has 1 amide bonds. The van der Waals surface area contributed by atoms with Crippen molar-refractivity contribution in [3.8, 4) is 11.4 Å². The molecule has 1 aliphatic heterocycles. The van der Waals surface area contributed by atoms with Crippen LogP contribution in [0.4, 0.5) is 11.5 Å². The van der Waals surface area contributed by atoms with Gasteiger partial charge in [0.1, 0.15) is 11.7 Å². The van der Waals surface area contributed by atoms with Crippen molar-refractivity contribution in [2.45, 2.75) is 51.1 Å². The Morgan fingerprint density at radius 1 is 1.16 bits per heavy atom. The molecule has 0 saturated heterocycles. The van der Waals surface area contributed by atoms with E-state index in [1.165, 1.54) is 12.8 Å². The highest BCUT2D eigenvalue weighted by molar-refractivity contribution is 6.04. The van der Waals surface area contributed by atoms with Crippen molar-refractivity contribution in [1.82, 2.24) is 9.97 Å². The van der Waals surface area contributed by atoms with Gasteiger partial charge in [-0.2, -0.15) is 0 Å². The molecule has 0 N–H and O–H groups in total. The first-order valence-electron chi connectivity index (χ1n) is 9.19. The van der Waals surface area contributed by atoms with E-state index in [1.54, 1.807) is 11.1 Å². The highest BCUT2D eigenvalue weighted by atomic mass is 16.2. The van der Waals surface area contributed by atoms with E-state index in [1.807, 2.05) is 37.4 Å². The first kappa shape index (κ1) is 16.1. The maximum Gasteiger partial charge on any atom is 0.249 e. The predicted molar refractivity (Wildman–Crippen MR) is 99.7 cm³/mol. The Labute approximate surface area is 148 Å². The molecule has 130 valence electrons. The first-order valence-corrected chi connectivity index (χ1v) is 9.19. The Morgan fingerprint density at radius 3 is 2.56 bits per heavy atom. The van der Waals surface area contributed by atoms with Crippen LogP contribution in [-0.2, 0) is 4.79 Å². The average Bonchev–Trinajstić information content (AvgIpc) is 3.19. The van der Waals surface area contributed by atoms with E-state index in [4.69, 9.17) is 4.98 Å². The summed E-state index contributed by atoms with van der Waals surface area (Å²) < 4.78 is 0.